The predicted octanol–water partition coefficient (Wildman–Crippen LogP) is 4.44. The van der Waals surface area contributed by atoms with Crippen molar-refractivity contribution < 1.29 is 22.7 Å². The molecule has 0 bridgehead atoms. The molecule has 2 N–H and O–H groups in total. The molecule has 26 heavy (non-hydrogen) atoms. The highest BCUT2D eigenvalue weighted by atomic mass is 19.4. The average molecular weight is 366 g/mol. The molecule has 0 saturated heterocycles. The van der Waals surface area contributed by atoms with Crippen LogP contribution in [0.1, 0.15) is 30.4 Å². The van der Waals surface area contributed by atoms with E-state index in [9.17, 15) is 18.0 Å². The molecule has 0 aliphatic rings. The zero-order valence-electron chi connectivity index (χ0n) is 14.3. The van der Waals surface area contributed by atoms with Gasteiger partial charge in [0, 0.05) is 18.8 Å². The summed E-state index contributed by atoms with van der Waals surface area (Å²) in [7, 11) is 0. The van der Waals surface area contributed by atoms with Gasteiger partial charge in [0.25, 0.3) is 0 Å². The summed E-state index contributed by atoms with van der Waals surface area (Å²) in [6.45, 7) is 3.25. The highest BCUT2D eigenvalue weighted by Crippen LogP contribution is 2.26. The number of ether oxygens (including phenoxy) is 1. The summed E-state index contributed by atoms with van der Waals surface area (Å²) in [5.41, 5.74) is 2.94. The maximum Gasteiger partial charge on any atom is 0.573 e. The van der Waals surface area contributed by atoms with Gasteiger partial charge >= 0.3 is 6.36 Å². The Kier molecular flexibility index (Phi) is 6.89. The molecule has 0 spiro atoms. The van der Waals surface area contributed by atoms with Crippen molar-refractivity contribution in [2.45, 2.75) is 32.2 Å². The van der Waals surface area contributed by atoms with Crippen LogP contribution >= 0.6 is 0 Å². The molecule has 2 rings (SSSR count). The fourth-order valence-corrected chi connectivity index (χ4v) is 2.50. The molecule has 0 aromatic heterocycles. The van der Waals surface area contributed by atoms with Crippen LogP contribution in [0.4, 0.5) is 18.9 Å². The number of benzene rings is 2. The summed E-state index contributed by atoms with van der Waals surface area (Å²) in [4.78, 5) is 10.3. The lowest BCUT2D eigenvalue weighted by atomic mass is 9.98. The molecule has 140 valence electrons. The lowest BCUT2D eigenvalue weighted by molar-refractivity contribution is -0.274. The van der Waals surface area contributed by atoms with Crippen molar-refractivity contribution in [1.29, 1.82) is 0 Å². The van der Waals surface area contributed by atoms with Gasteiger partial charge in [-0.05, 0) is 47.7 Å². The second-order valence-corrected chi connectivity index (χ2v) is 5.93. The van der Waals surface area contributed by atoms with E-state index in [0.717, 1.165) is 29.8 Å². The topological polar surface area (TPSA) is 50.4 Å². The number of halogens is 3. The molecular formula is C19H21F3N2O2. The van der Waals surface area contributed by atoms with Crippen molar-refractivity contribution in [3.8, 4) is 5.75 Å². The van der Waals surface area contributed by atoms with Gasteiger partial charge < -0.3 is 15.4 Å². The molecule has 1 unspecified atom stereocenters. The van der Waals surface area contributed by atoms with Crippen LogP contribution in [0.25, 0.3) is 0 Å². The SMILES string of the molecule is CC(CCNc1ccc(CNC=O)cc1)c1ccc(OC(F)(F)F)cc1. The molecule has 1 amide bonds. The molecule has 2 aromatic carbocycles. The number of anilines is 1. The van der Waals surface area contributed by atoms with Crippen LogP contribution < -0.4 is 15.4 Å². The minimum atomic E-state index is -4.67. The van der Waals surface area contributed by atoms with Crippen LogP contribution in [0.5, 0.6) is 5.75 Å². The molecule has 1 atom stereocenters. The summed E-state index contributed by atoms with van der Waals surface area (Å²) in [5.74, 6) is -0.0192. The maximum absolute atomic E-state index is 12.2. The van der Waals surface area contributed by atoms with E-state index in [2.05, 4.69) is 15.4 Å². The summed E-state index contributed by atoms with van der Waals surface area (Å²) in [5, 5.41) is 5.91. The molecule has 2 aromatic rings. The minimum absolute atomic E-state index is 0.193. The maximum atomic E-state index is 12.2. The van der Waals surface area contributed by atoms with E-state index < -0.39 is 6.36 Å². The highest BCUT2D eigenvalue weighted by Gasteiger charge is 2.30. The molecule has 0 radical (unpaired) electrons. The van der Waals surface area contributed by atoms with E-state index in [-0.39, 0.29) is 11.7 Å². The van der Waals surface area contributed by atoms with E-state index >= 15 is 0 Å². The third-order valence-corrected chi connectivity index (χ3v) is 3.93. The second-order valence-electron chi connectivity index (χ2n) is 5.93. The number of rotatable bonds is 9. The van der Waals surface area contributed by atoms with Gasteiger partial charge in [0.2, 0.25) is 6.41 Å². The lowest BCUT2D eigenvalue weighted by Gasteiger charge is -2.15. The number of hydrogen-bond donors (Lipinski definition) is 2. The normalized spacial score (nSPS) is 12.3. The zero-order chi connectivity index (χ0) is 19.0. The van der Waals surface area contributed by atoms with E-state index in [1.165, 1.54) is 12.1 Å². The van der Waals surface area contributed by atoms with Gasteiger partial charge in [0.15, 0.2) is 0 Å². The van der Waals surface area contributed by atoms with Crippen molar-refractivity contribution in [3.63, 3.8) is 0 Å². The van der Waals surface area contributed by atoms with Crippen molar-refractivity contribution in [1.82, 2.24) is 5.32 Å². The monoisotopic (exact) mass is 366 g/mol. The first-order valence-electron chi connectivity index (χ1n) is 8.23. The minimum Gasteiger partial charge on any atom is -0.406 e. The van der Waals surface area contributed by atoms with Crippen LogP contribution in [0.3, 0.4) is 0 Å². The molecule has 0 heterocycles. The van der Waals surface area contributed by atoms with E-state index in [0.29, 0.717) is 13.0 Å². The number of amides is 1. The first kappa shape index (κ1) is 19.6. The second kappa shape index (κ2) is 9.12. The van der Waals surface area contributed by atoms with Gasteiger partial charge in [-0.25, -0.2) is 0 Å². The fraction of sp³-hybridized carbons (Fsp3) is 0.316. The predicted molar refractivity (Wildman–Crippen MR) is 94.0 cm³/mol. The van der Waals surface area contributed by atoms with Crippen LogP contribution in [0, 0.1) is 0 Å². The van der Waals surface area contributed by atoms with Gasteiger partial charge in [-0.1, -0.05) is 31.2 Å². The molecular weight excluding hydrogens is 345 g/mol. The standard InChI is InChI=1S/C19H21F3N2O2/c1-14(16-4-8-18(9-5-16)26-19(20,21)22)10-11-24-17-6-2-15(3-7-17)12-23-13-25/h2-9,13-14,24H,10-12H2,1H3,(H,23,25). The van der Waals surface area contributed by atoms with Crippen molar-refractivity contribution >= 4 is 12.1 Å². The Bertz CT molecular complexity index is 685. The first-order chi connectivity index (χ1) is 12.4. The van der Waals surface area contributed by atoms with Gasteiger partial charge in [-0.3, -0.25) is 4.79 Å². The molecule has 0 saturated carbocycles. The van der Waals surface area contributed by atoms with E-state index in [4.69, 9.17) is 0 Å². The van der Waals surface area contributed by atoms with Crippen LogP contribution in [-0.2, 0) is 11.3 Å². The highest BCUT2D eigenvalue weighted by molar-refractivity contribution is 5.48. The van der Waals surface area contributed by atoms with Crippen LogP contribution in [0.15, 0.2) is 48.5 Å². The number of carbonyl (C=O) groups is 1. The summed E-state index contributed by atoms with van der Waals surface area (Å²) in [6.07, 6.45) is -3.18. The Morgan fingerprint density at radius 1 is 1.08 bits per heavy atom. The summed E-state index contributed by atoms with van der Waals surface area (Å²) >= 11 is 0. The average Bonchev–Trinajstić information content (AvgIpc) is 2.60. The quantitative estimate of drug-likeness (QED) is 0.645. The van der Waals surface area contributed by atoms with Gasteiger partial charge in [0.1, 0.15) is 5.75 Å². The number of alkyl halides is 3. The third kappa shape index (κ3) is 6.66. The smallest absolute Gasteiger partial charge is 0.406 e. The Morgan fingerprint density at radius 3 is 2.31 bits per heavy atom. The number of nitrogens with one attached hydrogen (secondary N) is 2. The molecule has 4 nitrogen and oxygen atoms in total. The van der Waals surface area contributed by atoms with Crippen LogP contribution in [0.2, 0.25) is 0 Å². The Hall–Kier alpha value is -2.70. The number of carbonyl (C=O) groups excluding carboxylic acids is 1. The molecule has 0 aliphatic carbocycles. The van der Waals surface area contributed by atoms with Crippen molar-refractivity contribution in [2.24, 2.45) is 0 Å². The Balaban J connectivity index is 1.79. The van der Waals surface area contributed by atoms with Crippen molar-refractivity contribution in [2.75, 3.05) is 11.9 Å². The van der Waals surface area contributed by atoms with Gasteiger partial charge in [-0.15, -0.1) is 13.2 Å². The third-order valence-electron chi connectivity index (χ3n) is 3.93. The fourth-order valence-electron chi connectivity index (χ4n) is 2.50. The van der Waals surface area contributed by atoms with E-state index in [1.54, 1.807) is 12.1 Å². The first-order valence-corrected chi connectivity index (χ1v) is 8.23. The van der Waals surface area contributed by atoms with Crippen molar-refractivity contribution in [3.05, 3.63) is 59.7 Å². The van der Waals surface area contributed by atoms with Gasteiger partial charge in [0.05, 0.1) is 0 Å². The van der Waals surface area contributed by atoms with Gasteiger partial charge in [-0.2, -0.15) is 0 Å². The molecule has 0 fully saturated rings. The summed E-state index contributed by atoms with van der Waals surface area (Å²) < 4.78 is 40.4. The number of hydrogen-bond acceptors (Lipinski definition) is 3. The zero-order valence-corrected chi connectivity index (χ0v) is 14.3. The Morgan fingerprint density at radius 2 is 1.73 bits per heavy atom. The molecule has 7 heteroatoms. The molecule has 0 aliphatic heterocycles. The van der Waals surface area contributed by atoms with Crippen LogP contribution in [-0.4, -0.2) is 19.3 Å². The summed E-state index contributed by atoms with van der Waals surface area (Å²) in [6, 6.07) is 13.7. The Labute approximate surface area is 150 Å². The largest absolute Gasteiger partial charge is 0.573 e. The lowest BCUT2D eigenvalue weighted by Crippen LogP contribution is -2.17. The van der Waals surface area contributed by atoms with E-state index in [1.807, 2.05) is 31.2 Å².